The number of ketones is 1. The minimum atomic E-state index is -1.52. The first-order chi connectivity index (χ1) is 21.3. The Morgan fingerprint density at radius 3 is 2.40 bits per heavy atom. The maximum absolute atomic E-state index is 13.8. The molecule has 11 heteroatoms. The van der Waals surface area contributed by atoms with Crippen molar-refractivity contribution in [2.75, 3.05) is 0 Å². The molecule has 11 nitrogen and oxygen atoms in total. The Labute approximate surface area is 259 Å². The summed E-state index contributed by atoms with van der Waals surface area (Å²) >= 11 is 0. The summed E-state index contributed by atoms with van der Waals surface area (Å²) in [4.78, 5) is 73.3. The number of nitrogens with zero attached hydrogens (tertiary/aromatic N) is 1. The lowest BCUT2D eigenvalue weighted by Gasteiger charge is -2.20. The largest absolute Gasteiger partial charge is 0.550 e. The number of hydrogen-bond donors (Lipinski definition) is 4. The van der Waals surface area contributed by atoms with Gasteiger partial charge < -0.3 is 30.3 Å². The van der Waals surface area contributed by atoms with E-state index in [2.05, 4.69) is 21.9 Å². The van der Waals surface area contributed by atoms with E-state index in [1.54, 1.807) is 19.9 Å². The predicted octanol–water partition coefficient (Wildman–Crippen LogP) is 3.29. The average molecular weight is 612 g/mol. The Balaban J connectivity index is 1.69. The van der Waals surface area contributed by atoms with Crippen LogP contribution in [0.15, 0.2) is 46.3 Å². The number of carboxylic acids is 2. The summed E-state index contributed by atoms with van der Waals surface area (Å²) in [5.74, 6) is -5.89. The van der Waals surface area contributed by atoms with E-state index in [1.807, 2.05) is 20.8 Å². The Hall–Kier alpha value is -5.06. The summed E-state index contributed by atoms with van der Waals surface area (Å²) in [6, 6.07) is 0. The first-order valence-electron chi connectivity index (χ1n) is 14.9. The molecule has 4 N–H and O–H groups in total. The molecule has 0 saturated heterocycles. The Kier molecular flexibility index (Phi) is 8.22. The van der Waals surface area contributed by atoms with Crippen molar-refractivity contribution in [2.24, 2.45) is 22.7 Å². The van der Waals surface area contributed by atoms with Crippen LogP contribution in [-0.4, -0.2) is 50.7 Å². The van der Waals surface area contributed by atoms with E-state index in [0.29, 0.717) is 63.7 Å². The maximum atomic E-state index is 13.8. The first-order valence-corrected chi connectivity index (χ1v) is 14.9. The van der Waals surface area contributed by atoms with Gasteiger partial charge in [-0.2, -0.15) is 0 Å². The van der Waals surface area contributed by atoms with Crippen molar-refractivity contribution in [1.29, 1.82) is 0 Å². The Bertz CT molecular complexity index is 1830. The van der Waals surface area contributed by atoms with Crippen molar-refractivity contribution in [3.05, 3.63) is 86.3 Å². The zero-order valence-corrected chi connectivity index (χ0v) is 25.8. The second-order valence-corrected chi connectivity index (χ2v) is 11.8. The van der Waals surface area contributed by atoms with Crippen LogP contribution in [0.5, 0.6) is 0 Å². The van der Waals surface area contributed by atoms with Crippen molar-refractivity contribution in [3.63, 3.8) is 0 Å². The normalized spacial score (nSPS) is 23.5. The lowest BCUT2D eigenvalue weighted by Crippen LogP contribution is -2.25. The molecule has 0 fully saturated rings. The van der Waals surface area contributed by atoms with E-state index in [-0.39, 0.29) is 35.8 Å². The Morgan fingerprint density at radius 2 is 1.82 bits per heavy atom. The minimum absolute atomic E-state index is 0.107. The van der Waals surface area contributed by atoms with Gasteiger partial charge in [0.2, 0.25) is 0 Å². The SMILES string of the molecule is C=CC1=C(C)/C(=C/C2=NC(=C3\c4[nH]c(Cc5[nH]c(C=O)c(C)c5CC)c(C)c4C(=O)C3C(=O)O)/C(CCC(=O)[O-])C2C)NC1=O. The number of Topliss-reactive ketones (excluding diaryl/α,β-unsaturated/α-hetero) is 1. The lowest BCUT2D eigenvalue weighted by atomic mass is 9.83. The molecule has 3 atom stereocenters. The molecule has 1 amide bonds. The second kappa shape index (κ2) is 11.8. The number of allylic oxidation sites excluding steroid dienone is 3. The fourth-order valence-corrected chi connectivity index (χ4v) is 6.90. The molecular formula is C34H35N4O7-. The smallest absolute Gasteiger partial charge is 0.319 e. The highest BCUT2D eigenvalue weighted by Gasteiger charge is 2.48. The van der Waals surface area contributed by atoms with Gasteiger partial charge in [-0.15, -0.1) is 0 Å². The summed E-state index contributed by atoms with van der Waals surface area (Å²) in [6.07, 6.45) is 4.80. The molecular weight excluding hydrogens is 576 g/mol. The number of aliphatic imine (C=N–C) groups is 1. The topological polar surface area (TPSA) is 185 Å². The van der Waals surface area contributed by atoms with Gasteiger partial charge in [-0.05, 0) is 68.4 Å². The van der Waals surface area contributed by atoms with E-state index in [4.69, 9.17) is 4.99 Å². The van der Waals surface area contributed by atoms with Gasteiger partial charge in [-0.25, -0.2) is 0 Å². The molecule has 3 aliphatic rings. The van der Waals surface area contributed by atoms with Crippen LogP contribution in [0.1, 0.15) is 88.2 Å². The maximum Gasteiger partial charge on any atom is 0.319 e. The van der Waals surface area contributed by atoms with Gasteiger partial charge in [0.1, 0.15) is 5.92 Å². The number of aromatic amines is 2. The summed E-state index contributed by atoms with van der Waals surface area (Å²) in [6.45, 7) is 13.0. The molecule has 0 saturated carbocycles. The molecule has 3 unspecified atom stereocenters. The van der Waals surface area contributed by atoms with Gasteiger partial charge in [0, 0.05) is 63.7 Å². The number of amides is 1. The van der Waals surface area contributed by atoms with Crippen molar-refractivity contribution in [2.45, 2.75) is 60.3 Å². The molecule has 45 heavy (non-hydrogen) atoms. The molecule has 2 aromatic heterocycles. The van der Waals surface area contributed by atoms with Crippen LogP contribution < -0.4 is 10.4 Å². The molecule has 5 rings (SSSR count). The highest BCUT2D eigenvalue weighted by Crippen LogP contribution is 2.48. The van der Waals surface area contributed by atoms with Gasteiger partial charge in [0.05, 0.1) is 17.1 Å². The van der Waals surface area contributed by atoms with Crippen LogP contribution in [0, 0.1) is 31.6 Å². The highest BCUT2D eigenvalue weighted by atomic mass is 16.4. The quantitative estimate of drug-likeness (QED) is 0.235. The average Bonchev–Trinajstić information content (AvgIpc) is 3.72. The zero-order chi connectivity index (χ0) is 32.9. The van der Waals surface area contributed by atoms with E-state index < -0.39 is 29.6 Å². The molecule has 0 bridgehead atoms. The van der Waals surface area contributed by atoms with E-state index in [9.17, 15) is 34.2 Å². The van der Waals surface area contributed by atoms with Crippen LogP contribution in [-0.2, 0) is 27.2 Å². The second-order valence-electron chi connectivity index (χ2n) is 11.8. The van der Waals surface area contributed by atoms with Crippen LogP contribution in [0.2, 0.25) is 0 Å². The summed E-state index contributed by atoms with van der Waals surface area (Å²) < 4.78 is 0. The van der Waals surface area contributed by atoms with Crippen molar-refractivity contribution < 1.29 is 34.2 Å². The molecule has 0 spiro atoms. The number of fused-ring (bicyclic) bond motifs is 1. The zero-order valence-electron chi connectivity index (χ0n) is 25.8. The fourth-order valence-electron chi connectivity index (χ4n) is 6.90. The summed E-state index contributed by atoms with van der Waals surface area (Å²) in [5.41, 5.74) is 7.76. The molecule has 234 valence electrons. The molecule has 2 aromatic rings. The summed E-state index contributed by atoms with van der Waals surface area (Å²) in [5, 5.41) is 24.6. The number of rotatable bonds is 10. The molecule has 2 aliphatic heterocycles. The fraction of sp³-hybridized carbons (Fsp3) is 0.353. The third kappa shape index (κ3) is 5.11. The van der Waals surface area contributed by atoms with Crippen molar-refractivity contribution >= 4 is 41.2 Å². The molecule has 1 aliphatic carbocycles. The van der Waals surface area contributed by atoms with Gasteiger partial charge in [0.25, 0.3) is 5.91 Å². The standard InChI is InChI=1S/C34H36N4O7/c1-7-18-14(3)25(13-39)35-24(18)12-23-17(6)27-31(37-23)28(29(32(27)42)34(44)45)30-20(9-10-26(40)41)16(5)21(36-30)11-22-15(4)19(8-2)33(43)38-22/h8,11,13,16,20,29,35,37H,2,7,9-10,12H2,1,3-6H3,(H,38,43)(H,40,41)(H,44,45)/p-1/b22-11-,30-28-. The number of H-pyrrole nitrogens is 2. The monoisotopic (exact) mass is 611 g/mol. The predicted molar refractivity (Wildman–Crippen MR) is 164 cm³/mol. The number of carbonyl (C=O) groups excluding carboxylic acids is 4. The number of carboxylic acid groups (broad SMARTS) is 2. The van der Waals surface area contributed by atoms with Crippen LogP contribution >= 0.6 is 0 Å². The van der Waals surface area contributed by atoms with Crippen LogP contribution in [0.3, 0.4) is 0 Å². The van der Waals surface area contributed by atoms with E-state index in [0.717, 1.165) is 23.1 Å². The van der Waals surface area contributed by atoms with Crippen molar-refractivity contribution in [3.8, 4) is 0 Å². The highest BCUT2D eigenvalue weighted by molar-refractivity contribution is 6.24. The molecule has 4 heterocycles. The van der Waals surface area contributed by atoms with Crippen molar-refractivity contribution in [1.82, 2.24) is 15.3 Å². The number of aromatic nitrogens is 2. The van der Waals surface area contributed by atoms with Crippen LogP contribution in [0.4, 0.5) is 0 Å². The van der Waals surface area contributed by atoms with E-state index in [1.165, 1.54) is 6.08 Å². The molecule has 0 radical (unpaired) electrons. The number of carbonyl (C=O) groups is 5. The number of aldehydes is 1. The third-order valence-corrected chi connectivity index (χ3v) is 9.40. The van der Waals surface area contributed by atoms with Gasteiger partial charge in [0.15, 0.2) is 12.1 Å². The molecule has 0 aromatic carbocycles. The lowest BCUT2D eigenvalue weighted by molar-refractivity contribution is -0.306. The van der Waals surface area contributed by atoms with Gasteiger partial charge in [-0.3, -0.25) is 24.2 Å². The number of aliphatic carboxylic acids is 2. The summed E-state index contributed by atoms with van der Waals surface area (Å²) in [7, 11) is 0. The number of hydrogen-bond acceptors (Lipinski definition) is 7. The Morgan fingerprint density at radius 1 is 1.11 bits per heavy atom. The van der Waals surface area contributed by atoms with Gasteiger partial charge in [-0.1, -0.05) is 26.5 Å². The van der Waals surface area contributed by atoms with E-state index >= 15 is 0 Å². The first kappa shape index (κ1) is 31.4. The van der Waals surface area contributed by atoms with Gasteiger partial charge >= 0.3 is 5.97 Å². The number of nitrogens with one attached hydrogen (secondary N) is 3. The minimum Gasteiger partial charge on any atom is -0.550 e. The third-order valence-electron chi connectivity index (χ3n) is 9.40. The van der Waals surface area contributed by atoms with Crippen LogP contribution in [0.25, 0.3) is 5.57 Å².